The van der Waals surface area contributed by atoms with Gasteiger partial charge >= 0.3 is 0 Å². The zero-order chi connectivity index (χ0) is 12.3. The highest BCUT2D eigenvalue weighted by Crippen LogP contribution is 2.29. The Bertz CT molecular complexity index is 292. The summed E-state index contributed by atoms with van der Waals surface area (Å²) < 4.78 is 0. The molecule has 0 saturated carbocycles. The summed E-state index contributed by atoms with van der Waals surface area (Å²) >= 11 is 4.10. The van der Waals surface area contributed by atoms with E-state index in [4.69, 9.17) is 0 Å². The van der Waals surface area contributed by atoms with Gasteiger partial charge in [0.1, 0.15) is 6.04 Å². The molecule has 5 heteroatoms. The lowest BCUT2D eigenvalue weighted by Crippen LogP contribution is -2.48. The highest BCUT2D eigenvalue weighted by molar-refractivity contribution is 7.80. The predicted octanol–water partition coefficient (Wildman–Crippen LogP) is 0.679. The van der Waals surface area contributed by atoms with Crippen molar-refractivity contribution in [3.8, 4) is 0 Å². The molecule has 4 nitrogen and oxygen atoms in total. The van der Waals surface area contributed by atoms with Crippen molar-refractivity contribution in [2.45, 2.75) is 33.2 Å². The van der Waals surface area contributed by atoms with Crippen LogP contribution >= 0.6 is 12.6 Å². The van der Waals surface area contributed by atoms with Crippen molar-refractivity contribution < 1.29 is 9.59 Å². The smallest absolute Gasteiger partial charge is 0.246 e. The van der Waals surface area contributed by atoms with Crippen molar-refractivity contribution in [3.05, 3.63) is 0 Å². The van der Waals surface area contributed by atoms with Crippen LogP contribution in [0.15, 0.2) is 0 Å². The van der Waals surface area contributed by atoms with E-state index in [0.717, 1.165) is 19.5 Å². The van der Waals surface area contributed by atoms with Gasteiger partial charge in [0.15, 0.2) is 0 Å². The summed E-state index contributed by atoms with van der Waals surface area (Å²) in [6, 6.07) is -0.491. The van der Waals surface area contributed by atoms with Gasteiger partial charge in [0, 0.05) is 25.8 Å². The van der Waals surface area contributed by atoms with Crippen LogP contribution < -0.4 is 5.32 Å². The molecule has 1 fully saturated rings. The van der Waals surface area contributed by atoms with Crippen molar-refractivity contribution >= 4 is 24.4 Å². The Hall–Kier alpha value is -0.710. The van der Waals surface area contributed by atoms with Crippen LogP contribution in [0.4, 0.5) is 0 Å². The van der Waals surface area contributed by atoms with Crippen LogP contribution in [0.2, 0.25) is 0 Å². The molecule has 0 spiro atoms. The molecule has 1 N–H and O–H groups in total. The first kappa shape index (κ1) is 13.4. The zero-order valence-corrected chi connectivity index (χ0v) is 11.0. The maximum absolute atomic E-state index is 12.1. The monoisotopic (exact) mass is 244 g/mol. The normalized spacial score (nSPS) is 20.6. The molecule has 0 aromatic carbocycles. The van der Waals surface area contributed by atoms with E-state index in [-0.39, 0.29) is 17.2 Å². The van der Waals surface area contributed by atoms with Gasteiger partial charge in [-0.1, -0.05) is 13.8 Å². The lowest BCUT2D eigenvalue weighted by atomic mass is 9.93. The zero-order valence-electron chi connectivity index (χ0n) is 10.1. The van der Waals surface area contributed by atoms with Crippen molar-refractivity contribution in [3.63, 3.8) is 0 Å². The molecule has 0 aromatic rings. The Morgan fingerprint density at radius 2 is 2.12 bits per heavy atom. The number of rotatable bonds is 3. The van der Waals surface area contributed by atoms with Crippen LogP contribution in [-0.2, 0) is 9.59 Å². The summed E-state index contributed by atoms with van der Waals surface area (Å²) in [6.45, 7) is 7.24. The van der Waals surface area contributed by atoms with Gasteiger partial charge in [-0.25, -0.2) is 0 Å². The SMILES string of the molecule is CC(=O)NC(CS)C(=O)N1CCC(C)(C)C1. The standard InChI is InChI=1S/C11H20N2O2S/c1-8(14)12-9(6-16)10(15)13-5-4-11(2,3)7-13/h9,16H,4-7H2,1-3H3,(H,12,14). The second-order valence-electron chi connectivity index (χ2n) is 5.11. The Kier molecular flexibility index (Phi) is 4.24. The third-order valence-electron chi connectivity index (χ3n) is 2.85. The average Bonchev–Trinajstić information content (AvgIpc) is 2.54. The van der Waals surface area contributed by atoms with Gasteiger partial charge in [-0.3, -0.25) is 9.59 Å². The van der Waals surface area contributed by atoms with Crippen molar-refractivity contribution in [1.29, 1.82) is 0 Å². The van der Waals surface area contributed by atoms with Crippen LogP contribution in [0.25, 0.3) is 0 Å². The van der Waals surface area contributed by atoms with Gasteiger partial charge in [0.2, 0.25) is 11.8 Å². The molecular formula is C11H20N2O2S. The minimum Gasteiger partial charge on any atom is -0.344 e. The predicted molar refractivity (Wildman–Crippen MR) is 66.4 cm³/mol. The molecule has 16 heavy (non-hydrogen) atoms. The molecule has 1 aliphatic rings. The van der Waals surface area contributed by atoms with Gasteiger partial charge in [-0.2, -0.15) is 12.6 Å². The number of carbonyl (C=O) groups excluding carboxylic acids is 2. The summed E-state index contributed by atoms with van der Waals surface area (Å²) in [7, 11) is 0. The summed E-state index contributed by atoms with van der Waals surface area (Å²) in [5.41, 5.74) is 0.188. The lowest BCUT2D eigenvalue weighted by Gasteiger charge is -2.24. The highest BCUT2D eigenvalue weighted by Gasteiger charge is 2.34. The van der Waals surface area contributed by atoms with Gasteiger partial charge < -0.3 is 10.2 Å². The Morgan fingerprint density at radius 3 is 2.50 bits per heavy atom. The van der Waals surface area contributed by atoms with E-state index in [1.165, 1.54) is 6.92 Å². The molecule has 1 aliphatic heterocycles. The quantitative estimate of drug-likeness (QED) is 0.717. The second kappa shape index (κ2) is 5.08. The minimum atomic E-state index is -0.491. The minimum absolute atomic E-state index is 0.0178. The first-order valence-corrected chi connectivity index (χ1v) is 6.16. The lowest BCUT2D eigenvalue weighted by molar-refractivity contribution is -0.134. The molecule has 1 rings (SSSR count). The van der Waals surface area contributed by atoms with Gasteiger partial charge in [-0.05, 0) is 11.8 Å². The Labute approximate surface area is 102 Å². The molecule has 1 atom stereocenters. The topological polar surface area (TPSA) is 49.4 Å². The number of hydrogen-bond acceptors (Lipinski definition) is 3. The second-order valence-corrected chi connectivity index (χ2v) is 5.47. The van der Waals surface area contributed by atoms with E-state index in [1.54, 1.807) is 0 Å². The first-order chi connectivity index (χ1) is 7.35. The maximum atomic E-state index is 12.1. The molecule has 2 amide bonds. The number of hydrogen-bond donors (Lipinski definition) is 2. The molecule has 0 bridgehead atoms. The Balaban J connectivity index is 2.59. The van der Waals surface area contributed by atoms with E-state index in [2.05, 4.69) is 31.8 Å². The van der Waals surface area contributed by atoms with Gasteiger partial charge in [-0.15, -0.1) is 0 Å². The largest absolute Gasteiger partial charge is 0.344 e. The molecule has 0 aromatic heterocycles. The fourth-order valence-electron chi connectivity index (χ4n) is 1.95. The maximum Gasteiger partial charge on any atom is 0.246 e. The molecule has 0 radical (unpaired) electrons. The number of thiol groups is 1. The van der Waals surface area contributed by atoms with E-state index in [0.29, 0.717) is 5.75 Å². The summed E-state index contributed by atoms with van der Waals surface area (Å²) in [6.07, 6.45) is 1.01. The van der Waals surface area contributed by atoms with Crippen LogP contribution in [-0.4, -0.2) is 41.6 Å². The van der Waals surface area contributed by atoms with Crippen LogP contribution in [0.5, 0.6) is 0 Å². The number of carbonyl (C=O) groups is 2. The first-order valence-electron chi connectivity index (χ1n) is 5.52. The molecule has 1 heterocycles. The van der Waals surface area contributed by atoms with Crippen molar-refractivity contribution in [1.82, 2.24) is 10.2 Å². The third kappa shape index (κ3) is 3.40. The number of nitrogens with zero attached hydrogens (tertiary/aromatic N) is 1. The summed E-state index contributed by atoms with van der Waals surface area (Å²) in [5, 5.41) is 2.63. The molecular weight excluding hydrogens is 224 g/mol. The molecule has 0 aliphatic carbocycles. The van der Waals surface area contributed by atoms with E-state index >= 15 is 0 Å². The molecule has 1 unspecified atom stereocenters. The number of nitrogens with one attached hydrogen (secondary N) is 1. The van der Waals surface area contributed by atoms with E-state index in [1.807, 2.05) is 4.90 Å². The van der Waals surface area contributed by atoms with Crippen molar-refractivity contribution in [2.75, 3.05) is 18.8 Å². The third-order valence-corrected chi connectivity index (χ3v) is 3.21. The van der Waals surface area contributed by atoms with Gasteiger partial charge in [0.25, 0.3) is 0 Å². The fraction of sp³-hybridized carbons (Fsp3) is 0.818. The fourth-order valence-corrected chi connectivity index (χ4v) is 2.20. The summed E-state index contributed by atoms with van der Waals surface area (Å²) in [5.74, 6) is 0.136. The molecule has 1 saturated heterocycles. The summed E-state index contributed by atoms with van der Waals surface area (Å²) in [4.78, 5) is 24.8. The highest BCUT2D eigenvalue weighted by atomic mass is 32.1. The van der Waals surface area contributed by atoms with E-state index in [9.17, 15) is 9.59 Å². The average molecular weight is 244 g/mol. The van der Waals surface area contributed by atoms with E-state index < -0.39 is 6.04 Å². The number of likely N-dealkylation sites (tertiary alicyclic amines) is 1. The molecule has 92 valence electrons. The van der Waals surface area contributed by atoms with Crippen LogP contribution in [0.3, 0.4) is 0 Å². The number of amides is 2. The van der Waals surface area contributed by atoms with Crippen LogP contribution in [0, 0.1) is 5.41 Å². The van der Waals surface area contributed by atoms with Gasteiger partial charge in [0.05, 0.1) is 0 Å². The van der Waals surface area contributed by atoms with Crippen LogP contribution in [0.1, 0.15) is 27.2 Å². The Morgan fingerprint density at radius 1 is 1.50 bits per heavy atom. The van der Waals surface area contributed by atoms with Crippen molar-refractivity contribution in [2.24, 2.45) is 5.41 Å².